The highest BCUT2D eigenvalue weighted by Gasteiger charge is 2.33. The van der Waals surface area contributed by atoms with Crippen molar-refractivity contribution >= 4 is 22.2 Å². The molecule has 0 bridgehead atoms. The highest BCUT2D eigenvalue weighted by Crippen LogP contribution is 2.24. The van der Waals surface area contributed by atoms with Crippen LogP contribution in [-0.2, 0) is 32.3 Å². The van der Waals surface area contributed by atoms with Crippen LogP contribution >= 0.6 is 0 Å². The second-order valence-corrected chi connectivity index (χ2v) is 20.6. The fraction of sp³-hybridized carbons (Fsp3) is 0.569. The predicted molar refractivity (Wildman–Crippen MR) is 260 cm³/mol. The number of aliphatic hydroxyl groups is 2. The van der Waals surface area contributed by atoms with Crippen LogP contribution in [0, 0.1) is 34.5 Å². The molecule has 0 heterocycles. The highest BCUT2D eigenvalue weighted by molar-refractivity contribution is 7.89. The van der Waals surface area contributed by atoms with Crippen LogP contribution in [0.4, 0.5) is 9.59 Å². The number of nitrogens with one attached hydrogen (secondary N) is 3. The van der Waals surface area contributed by atoms with Crippen molar-refractivity contribution in [1.29, 1.82) is 10.5 Å². The molecule has 3 aromatic carbocycles. The van der Waals surface area contributed by atoms with E-state index in [2.05, 4.69) is 35.0 Å². The summed E-state index contributed by atoms with van der Waals surface area (Å²) < 4.78 is 44.7. The summed E-state index contributed by atoms with van der Waals surface area (Å²) in [5.41, 5.74) is 0.552. The molecule has 67 heavy (non-hydrogen) atoms. The first-order valence-corrected chi connectivity index (χ1v) is 24.6. The third kappa shape index (κ3) is 23.4. The second-order valence-electron chi connectivity index (χ2n) is 18.6. The zero-order valence-corrected chi connectivity index (χ0v) is 41.9. The molecule has 3 rings (SSSR count). The topological polar surface area (TPSA) is 223 Å². The van der Waals surface area contributed by atoms with Crippen LogP contribution in [0.15, 0.2) is 89.8 Å². The summed E-state index contributed by atoms with van der Waals surface area (Å²) in [7, 11) is -2.53. The monoisotopic (exact) mass is 949 g/mol. The Morgan fingerprint density at radius 3 is 1.54 bits per heavy atom. The van der Waals surface area contributed by atoms with E-state index in [0.29, 0.717) is 50.3 Å². The van der Waals surface area contributed by atoms with Crippen LogP contribution in [-0.4, -0.2) is 104 Å². The molecule has 0 fully saturated rings. The zero-order chi connectivity index (χ0) is 50.0. The van der Waals surface area contributed by atoms with Crippen molar-refractivity contribution < 1.29 is 42.4 Å². The molecule has 0 aromatic heterocycles. The molecule has 6 atom stereocenters. The third-order valence-electron chi connectivity index (χ3n) is 10.7. The Balaban J connectivity index is 0.000000487. The van der Waals surface area contributed by atoms with Crippen molar-refractivity contribution in [2.45, 2.75) is 147 Å². The van der Waals surface area contributed by atoms with Crippen molar-refractivity contribution in [1.82, 2.24) is 20.3 Å². The number of carbonyl (C=O) groups is 2. The minimum atomic E-state index is -4.02. The maximum Gasteiger partial charge on any atom is 0.407 e. The number of amides is 2. The van der Waals surface area contributed by atoms with Crippen LogP contribution < -0.4 is 20.7 Å². The van der Waals surface area contributed by atoms with Gasteiger partial charge in [0, 0.05) is 32.5 Å². The number of methoxy groups -OCH3 is 1. The first-order valence-electron chi connectivity index (χ1n) is 23.2. The summed E-state index contributed by atoms with van der Waals surface area (Å²) in [6.45, 7) is 15.6. The van der Waals surface area contributed by atoms with Crippen molar-refractivity contribution in [3.8, 4) is 17.9 Å². The SMILES string of the molecule is CCC(CCC#N)CN(CC(O)[C@H](Cc1ccccc1)NC(=O)OC(C)(C)C)S(=O)(=O)c1ccc(OC)cc1.CCC(CCC#N)CNCC(O)[C@H](Cc1ccccc1)NC(=O)OC(C)(C)C. The van der Waals surface area contributed by atoms with E-state index in [1.54, 1.807) is 32.9 Å². The Morgan fingerprint density at radius 2 is 1.12 bits per heavy atom. The average molecular weight is 949 g/mol. The number of sulfonamides is 1. The lowest BCUT2D eigenvalue weighted by molar-refractivity contribution is 0.0396. The van der Waals surface area contributed by atoms with Gasteiger partial charge in [-0.15, -0.1) is 0 Å². The number of hydrogen-bond donors (Lipinski definition) is 5. The zero-order valence-electron chi connectivity index (χ0n) is 41.0. The molecule has 4 unspecified atom stereocenters. The van der Waals surface area contributed by atoms with Crippen LogP contribution in [0.1, 0.15) is 105 Å². The summed E-state index contributed by atoms with van der Waals surface area (Å²) >= 11 is 0. The number of nitriles is 2. The van der Waals surface area contributed by atoms with Crippen LogP contribution in [0.25, 0.3) is 0 Å². The van der Waals surface area contributed by atoms with E-state index in [1.165, 1.54) is 23.5 Å². The van der Waals surface area contributed by atoms with Crippen molar-refractivity contribution in [2.24, 2.45) is 11.8 Å². The molecule has 2 amide bonds. The van der Waals surface area contributed by atoms with Gasteiger partial charge in [0.1, 0.15) is 17.0 Å². The van der Waals surface area contributed by atoms with Crippen LogP contribution in [0.3, 0.4) is 0 Å². The molecule has 5 N–H and O–H groups in total. The van der Waals surface area contributed by atoms with Gasteiger partial charge in [0.05, 0.1) is 48.4 Å². The molecular formula is C51H76N6O9S. The summed E-state index contributed by atoms with van der Waals surface area (Å²) in [6, 6.07) is 28.1. The minimum Gasteiger partial charge on any atom is -0.497 e. The lowest BCUT2D eigenvalue weighted by Gasteiger charge is -2.32. The Hall–Kier alpha value is -5.23. The number of hydrogen-bond acceptors (Lipinski definition) is 12. The van der Waals surface area contributed by atoms with E-state index in [1.807, 2.05) is 88.4 Å². The van der Waals surface area contributed by atoms with Gasteiger partial charge in [0.2, 0.25) is 10.0 Å². The van der Waals surface area contributed by atoms with Crippen molar-refractivity contribution in [3.63, 3.8) is 0 Å². The molecule has 0 aliphatic rings. The average Bonchev–Trinajstić information content (AvgIpc) is 3.27. The molecule has 370 valence electrons. The number of aliphatic hydroxyl groups excluding tert-OH is 2. The first-order chi connectivity index (χ1) is 31.6. The van der Waals surface area contributed by atoms with Gasteiger partial charge < -0.3 is 40.4 Å². The summed E-state index contributed by atoms with van der Waals surface area (Å²) in [5, 5.41) is 48.7. The lowest BCUT2D eigenvalue weighted by atomic mass is 9.99. The minimum absolute atomic E-state index is 0.0605. The van der Waals surface area contributed by atoms with E-state index < -0.39 is 57.7 Å². The van der Waals surface area contributed by atoms with Gasteiger partial charge in [-0.2, -0.15) is 14.8 Å². The number of carbonyl (C=O) groups excluding carboxylic acids is 2. The predicted octanol–water partition coefficient (Wildman–Crippen LogP) is 7.92. The molecule has 16 heteroatoms. The quantitative estimate of drug-likeness (QED) is 0.0547. The van der Waals surface area contributed by atoms with Crippen LogP contribution in [0.5, 0.6) is 5.75 Å². The summed E-state index contributed by atoms with van der Waals surface area (Å²) in [4.78, 5) is 24.9. The largest absolute Gasteiger partial charge is 0.497 e. The number of nitrogens with zero attached hydrogens (tertiary/aromatic N) is 3. The van der Waals surface area contributed by atoms with E-state index >= 15 is 0 Å². The molecule has 0 saturated carbocycles. The maximum absolute atomic E-state index is 13.8. The maximum atomic E-state index is 13.8. The smallest absolute Gasteiger partial charge is 0.407 e. The molecule has 15 nitrogen and oxygen atoms in total. The molecule has 3 aromatic rings. The van der Waals surface area contributed by atoms with Gasteiger partial charge in [-0.1, -0.05) is 87.4 Å². The third-order valence-corrected chi connectivity index (χ3v) is 12.6. The molecule has 0 saturated heterocycles. The Morgan fingerprint density at radius 1 is 0.672 bits per heavy atom. The molecule has 0 aliphatic heterocycles. The number of ether oxygens (including phenoxy) is 3. The van der Waals surface area contributed by atoms with Gasteiger partial charge in [-0.25, -0.2) is 18.0 Å². The van der Waals surface area contributed by atoms with Gasteiger partial charge in [0.15, 0.2) is 0 Å². The van der Waals surface area contributed by atoms with Gasteiger partial charge >= 0.3 is 12.2 Å². The van der Waals surface area contributed by atoms with Gasteiger partial charge in [-0.3, -0.25) is 0 Å². The first kappa shape index (κ1) is 57.9. The highest BCUT2D eigenvalue weighted by atomic mass is 32.2. The van der Waals surface area contributed by atoms with Crippen LogP contribution in [0.2, 0.25) is 0 Å². The Bertz CT molecular complexity index is 2070. The lowest BCUT2D eigenvalue weighted by Crippen LogP contribution is -2.52. The number of alkyl carbamates (subject to hydrolysis) is 2. The molecular weight excluding hydrogens is 873 g/mol. The normalized spacial score (nSPS) is 14.4. The molecule has 0 spiro atoms. The van der Waals surface area contributed by atoms with E-state index in [4.69, 9.17) is 24.7 Å². The standard InChI is InChI=1S/C29H41N3O6S.C22H35N3O3/c1-6-22(13-10-18-30)20-32(39(35,36)25-16-14-24(37-5)15-17-25)21-27(33)26(19-23-11-8-7-9-12-23)31-28(34)38-29(2,3)4;1-5-17(12-9-13-23)15-24-16-20(26)19(14-18-10-7-6-8-11-18)25-21(27)28-22(2,3)4/h7-9,11-12,14-17,22,26-27,33H,6,10,13,19-21H2,1-5H3,(H,31,34);6-8,10-11,17,19-20,24,26H,5,9,12,14-16H2,1-4H3,(H,25,27)/t22?,26-,27?;17?,19-,20?/m00/s1. The van der Waals surface area contributed by atoms with Gasteiger partial charge in [0.25, 0.3) is 0 Å². The van der Waals surface area contributed by atoms with Gasteiger partial charge in [-0.05, 0) is 121 Å². The Kier molecular flexibility index (Phi) is 25.5. The van der Waals surface area contributed by atoms with E-state index in [9.17, 15) is 28.2 Å². The fourth-order valence-corrected chi connectivity index (χ4v) is 8.54. The number of benzene rings is 3. The summed E-state index contributed by atoms with van der Waals surface area (Å²) in [5.74, 6) is 0.833. The number of rotatable bonds is 25. The van der Waals surface area contributed by atoms with Crippen molar-refractivity contribution in [3.05, 3.63) is 96.1 Å². The van der Waals surface area contributed by atoms with Crippen molar-refractivity contribution in [2.75, 3.05) is 33.3 Å². The molecule has 0 radical (unpaired) electrons. The fourth-order valence-electron chi connectivity index (χ4n) is 7.00. The molecule has 0 aliphatic carbocycles. The van der Waals surface area contributed by atoms with E-state index in [0.717, 1.165) is 30.5 Å². The van der Waals surface area contributed by atoms with E-state index in [-0.39, 0.29) is 30.3 Å². The summed E-state index contributed by atoms with van der Waals surface area (Å²) in [6.07, 6.45) is 1.39. The second kappa shape index (κ2) is 29.5. The Labute approximate surface area is 400 Å².